The van der Waals surface area contributed by atoms with Gasteiger partial charge in [-0.2, -0.15) is 0 Å². The number of anilines is 1. The Morgan fingerprint density at radius 3 is 2.93 bits per heavy atom. The first-order valence-electron chi connectivity index (χ1n) is 5.00. The van der Waals surface area contributed by atoms with Gasteiger partial charge in [-0.1, -0.05) is 6.07 Å². The number of rotatable bonds is 3. The van der Waals surface area contributed by atoms with Gasteiger partial charge in [-0.3, -0.25) is 4.79 Å². The third-order valence-corrected chi connectivity index (χ3v) is 2.55. The lowest BCUT2D eigenvalue weighted by molar-refractivity contribution is 0.0952. The van der Waals surface area contributed by atoms with Crippen molar-refractivity contribution in [2.45, 2.75) is 12.8 Å². The number of para-hydroxylation sites is 1. The molecule has 1 aromatic rings. The number of carbonyl (C=O) groups is 1. The highest BCUT2D eigenvalue weighted by molar-refractivity contribution is 5.99. The summed E-state index contributed by atoms with van der Waals surface area (Å²) in [6, 6.07) is 4.26. The zero-order valence-electron chi connectivity index (χ0n) is 8.29. The molecule has 3 N–H and O–H groups in total. The van der Waals surface area contributed by atoms with Crippen LogP contribution in [0.5, 0.6) is 0 Å². The van der Waals surface area contributed by atoms with Gasteiger partial charge in [0.05, 0.1) is 11.3 Å². The number of nitrogens with one attached hydrogen (secondary N) is 1. The summed E-state index contributed by atoms with van der Waals surface area (Å²) in [4.78, 5) is 11.6. The van der Waals surface area contributed by atoms with Crippen molar-refractivity contribution in [2.75, 3.05) is 12.3 Å². The van der Waals surface area contributed by atoms with Crippen LogP contribution in [0.3, 0.4) is 0 Å². The molecule has 0 atom stereocenters. The second-order valence-electron chi connectivity index (χ2n) is 3.85. The summed E-state index contributed by atoms with van der Waals surface area (Å²) >= 11 is 0. The highest BCUT2D eigenvalue weighted by Crippen LogP contribution is 2.27. The van der Waals surface area contributed by atoms with E-state index in [-0.39, 0.29) is 17.2 Å². The maximum atomic E-state index is 13.0. The van der Waals surface area contributed by atoms with E-state index < -0.39 is 5.82 Å². The smallest absolute Gasteiger partial charge is 0.253 e. The van der Waals surface area contributed by atoms with E-state index in [4.69, 9.17) is 5.73 Å². The fraction of sp³-hybridized carbons (Fsp3) is 0.364. The molecule has 0 saturated heterocycles. The van der Waals surface area contributed by atoms with E-state index in [0.29, 0.717) is 12.5 Å². The Bertz CT molecular complexity index is 388. The van der Waals surface area contributed by atoms with Gasteiger partial charge in [0.2, 0.25) is 0 Å². The number of halogens is 1. The van der Waals surface area contributed by atoms with E-state index in [9.17, 15) is 9.18 Å². The van der Waals surface area contributed by atoms with Gasteiger partial charge in [-0.05, 0) is 30.9 Å². The van der Waals surface area contributed by atoms with E-state index in [2.05, 4.69) is 5.32 Å². The summed E-state index contributed by atoms with van der Waals surface area (Å²) in [5.41, 5.74) is 5.61. The molecule has 0 bridgehead atoms. The predicted molar refractivity (Wildman–Crippen MR) is 55.9 cm³/mol. The Labute approximate surface area is 87.5 Å². The normalized spacial score (nSPS) is 15.0. The summed E-state index contributed by atoms with van der Waals surface area (Å²) in [7, 11) is 0. The molecule has 2 rings (SSSR count). The summed E-state index contributed by atoms with van der Waals surface area (Å²) in [5.74, 6) is -0.239. The molecule has 1 saturated carbocycles. The third kappa shape index (κ3) is 2.26. The van der Waals surface area contributed by atoms with E-state index in [1.165, 1.54) is 31.0 Å². The summed E-state index contributed by atoms with van der Waals surface area (Å²) in [6.07, 6.45) is 2.33. The molecule has 0 aromatic heterocycles. The highest BCUT2D eigenvalue weighted by Gasteiger charge is 2.22. The third-order valence-electron chi connectivity index (χ3n) is 2.55. The molecule has 1 aromatic carbocycles. The Kier molecular flexibility index (Phi) is 2.58. The predicted octanol–water partition coefficient (Wildman–Crippen LogP) is 1.55. The largest absolute Gasteiger partial charge is 0.396 e. The van der Waals surface area contributed by atoms with Gasteiger partial charge in [0.15, 0.2) is 0 Å². The minimum atomic E-state index is -0.547. The van der Waals surface area contributed by atoms with E-state index in [1.807, 2.05) is 0 Å². The number of amides is 1. The molecule has 1 fully saturated rings. The number of nitrogens with two attached hydrogens (primary N) is 1. The van der Waals surface area contributed by atoms with Crippen molar-refractivity contribution in [3.8, 4) is 0 Å². The second-order valence-corrected chi connectivity index (χ2v) is 3.85. The minimum absolute atomic E-state index is 0.0780. The van der Waals surface area contributed by atoms with Gasteiger partial charge in [-0.25, -0.2) is 4.39 Å². The van der Waals surface area contributed by atoms with Crippen LogP contribution in [0.1, 0.15) is 23.2 Å². The van der Waals surface area contributed by atoms with Crippen LogP contribution < -0.4 is 11.1 Å². The van der Waals surface area contributed by atoms with Crippen molar-refractivity contribution in [1.29, 1.82) is 0 Å². The fourth-order valence-corrected chi connectivity index (χ4v) is 1.39. The molecule has 1 aliphatic rings. The quantitative estimate of drug-likeness (QED) is 0.740. The van der Waals surface area contributed by atoms with Gasteiger partial charge < -0.3 is 11.1 Å². The summed E-state index contributed by atoms with van der Waals surface area (Å²) < 4.78 is 13.0. The number of benzene rings is 1. The molecule has 15 heavy (non-hydrogen) atoms. The molecule has 3 nitrogen and oxygen atoms in total. The van der Waals surface area contributed by atoms with E-state index in [1.54, 1.807) is 0 Å². The van der Waals surface area contributed by atoms with Crippen LogP contribution in [0.25, 0.3) is 0 Å². The first kappa shape index (κ1) is 9.96. The van der Waals surface area contributed by atoms with Crippen molar-refractivity contribution in [3.63, 3.8) is 0 Å². The number of hydrogen-bond acceptors (Lipinski definition) is 2. The van der Waals surface area contributed by atoms with Gasteiger partial charge in [0, 0.05) is 6.54 Å². The average molecular weight is 208 g/mol. The average Bonchev–Trinajstić information content (AvgIpc) is 3.02. The van der Waals surface area contributed by atoms with Crippen LogP contribution in [-0.4, -0.2) is 12.5 Å². The monoisotopic (exact) mass is 208 g/mol. The Morgan fingerprint density at radius 1 is 1.53 bits per heavy atom. The van der Waals surface area contributed by atoms with Crippen LogP contribution in [0.2, 0.25) is 0 Å². The minimum Gasteiger partial charge on any atom is -0.396 e. The van der Waals surface area contributed by atoms with Crippen LogP contribution in [0, 0.1) is 11.7 Å². The van der Waals surface area contributed by atoms with Crippen molar-refractivity contribution in [2.24, 2.45) is 5.92 Å². The Hall–Kier alpha value is -1.58. The highest BCUT2D eigenvalue weighted by atomic mass is 19.1. The molecule has 0 spiro atoms. The summed E-state index contributed by atoms with van der Waals surface area (Å²) in [6.45, 7) is 0.661. The maximum absolute atomic E-state index is 13.0. The molecule has 0 heterocycles. The van der Waals surface area contributed by atoms with Gasteiger partial charge >= 0.3 is 0 Å². The van der Waals surface area contributed by atoms with E-state index in [0.717, 1.165) is 0 Å². The zero-order chi connectivity index (χ0) is 10.8. The number of hydrogen-bond donors (Lipinski definition) is 2. The molecular weight excluding hydrogens is 195 g/mol. The van der Waals surface area contributed by atoms with Gasteiger partial charge in [-0.15, -0.1) is 0 Å². The van der Waals surface area contributed by atoms with Crippen LogP contribution in [0.15, 0.2) is 18.2 Å². The first-order chi connectivity index (χ1) is 7.18. The summed E-state index contributed by atoms with van der Waals surface area (Å²) in [5, 5.41) is 2.74. The molecule has 1 amide bonds. The number of nitrogen functional groups attached to an aromatic ring is 1. The van der Waals surface area contributed by atoms with E-state index >= 15 is 0 Å². The molecule has 4 heteroatoms. The molecule has 0 aliphatic heterocycles. The number of carbonyl (C=O) groups excluding carboxylic acids is 1. The van der Waals surface area contributed by atoms with Gasteiger partial charge in [0.1, 0.15) is 5.82 Å². The SMILES string of the molecule is Nc1c(F)cccc1C(=O)NCC1CC1. The lowest BCUT2D eigenvalue weighted by Crippen LogP contribution is -2.26. The Morgan fingerprint density at radius 2 is 2.27 bits per heavy atom. The maximum Gasteiger partial charge on any atom is 0.253 e. The molecular formula is C11H13FN2O. The topological polar surface area (TPSA) is 55.1 Å². The standard InChI is InChI=1S/C11H13FN2O/c12-9-3-1-2-8(10(9)13)11(15)14-6-7-4-5-7/h1-3,7H,4-6,13H2,(H,14,15). The van der Waals surface area contributed by atoms with Crippen molar-refractivity contribution < 1.29 is 9.18 Å². The first-order valence-corrected chi connectivity index (χ1v) is 5.00. The molecule has 1 aliphatic carbocycles. The molecule has 0 unspecified atom stereocenters. The molecule has 80 valence electrons. The fourth-order valence-electron chi connectivity index (χ4n) is 1.39. The van der Waals surface area contributed by atoms with Crippen LogP contribution in [0.4, 0.5) is 10.1 Å². The van der Waals surface area contributed by atoms with Crippen molar-refractivity contribution in [3.05, 3.63) is 29.6 Å². The lowest BCUT2D eigenvalue weighted by Gasteiger charge is -2.06. The van der Waals surface area contributed by atoms with Crippen molar-refractivity contribution >= 4 is 11.6 Å². The van der Waals surface area contributed by atoms with Crippen LogP contribution in [-0.2, 0) is 0 Å². The van der Waals surface area contributed by atoms with Gasteiger partial charge in [0.25, 0.3) is 5.91 Å². The van der Waals surface area contributed by atoms with Crippen LogP contribution >= 0.6 is 0 Å². The molecule has 0 radical (unpaired) electrons. The zero-order valence-corrected chi connectivity index (χ0v) is 8.29. The Balaban J connectivity index is 2.06. The van der Waals surface area contributed by atoms with Crippen molar-refractivity contribution in [1.82, 2.24) is 5.32 Å². The lowest BCUT2D eigenvalue weighted by atomic mass is 10.1. The second kappa shape index (κ2) is 3.88.